The Labute approximate surface area is 120 Å². The summed E-state index contributed by atoms with van der Waals surface area (Å²) >= 11 is 0. The molecule has 1 aromatic rings. The van der Waals surface area contributed by atoms with E-state index in [0.717, 1.165) is 36.3 Å². The Morgan fingerprint density at radius 1 is 1.10 bits per heavy atom. The summed E-state index contributed by atoms with van der Waals surface area (Å²) in [5.74, 6) is 1.86. The topological polar surface area (TPSA) is 27.7 Å². The Bertz CT molecular complexity index is 463. The number of benzene rings is 1. The van der Waals surface area contributed by atoms with E-state index in [-0.39, 0.29) is 0 Å². The van der Waals surface area contributed by atoms with Crippen molar-refractivity contribution in [1.29, 1.82) is 0 Å². The minimum absolute atomic E-state index is 0.576. The maximum absolute atomic E-state index is 5.65. The van der Waals surface area contributed by atoms with Gasteiger partial charge in [-0.15, -0.1) is 0 Å². The van der Waals surface area contributed by atoms with Gasteiger partial charge >= 0.3 is 0 Å². The van der Waals surface area contributed by atoms with Crippen LogP contribution in [0.5, 0.6) is 5.75 Å². The van der Waals surface area contributed by atoms with E-state index in [0.29, 0.717) is 19.8 Å². The van der Waals surface area contributed by atoms with E-state index >= 15 is 0 Å². The molecule has 2 rings (SSSR count). The zero-order valence-corrected chi connectivity index (χ0v) is 12.0. The average molecular weight is 274 g/mol. The van der Waals surface area contributed by atoms with Gasteiger partial charge in [-0.1, -0.05) is 24.3 Å². The molecular weight excluding hydrogens is 252 g/mol. The largest absolute Gasteiger partial charge is 0.496 e. The molecule has 0 aliphatic heterocycles. The first-order chi connectivity index (χ1) is 9.90. The second-order valence-corrected chi connectivity index (χ2v) is 4.65. The summed E-state index contributed by atoms with van der Waals surface area (Å²) in [6.45, 7) is 1.96. The van der Waals surface area contributed by atoms with Gasteiger partial charge in [0.15, 0.2) is 0 Å². The summed E-state index contributed by atoms with van der Waals surface area (Å²) in [6, 6.07) is 7.92. The van der Waals surface area contributed by atoms with Crippen molar-refractivity contribution in [1.82, 2.24) is 0 Å². The number of allylic oxidation sites excluding steroid dienone is 3. The number of para-hydroxylation sites is 1. The molecule has 0 bridgehead atoms. The molecule has 0 atom stereocenters. The fraction of sp³-hybridized carbons (Fsp3) is 0.412. The minimum atomic E-state index is 0.576. The van der Waals surface area contributed by atoms with Gasteiger partial charge in [0, 0.05) is 12.0 Å². The van der Waals surface area contributed by atoms with Gasteiger partial charge in [0.1, 0.15) is 11.5 Å². The first kappa shape index (κ1) is 14.7. The minimum Gasteiger partial charge on any atom is -0.496 e. The molecule has 0 N–H and O–H groups in total. The molecule has 3 nitrogen and oxygen atoms in total. The number of ether oxygens (including phenoxy) is 3. The van der Waals surface area contributed by atoms with Gasteiger partial charge in [-0.05, 0) is 31.1 Å². The summed E-state index contributed by atoms with van der Waals surface area (Å²) in [4.78, 5) is 0. The monoisotopic (exact) mass is 274 g/mol. The normalized spacial score (nSPS) is 13.9. The van der Waals surface area contributed by atoms with Gasteiger partial charge in [0.25, 0.3) is 0 Å². The first-order valence-electron chi connectivity index (χ1n) is 7.09. The Hall–Kier alpha value is -1.74. The van der Waals surface area contributed by atoms with Crippen molar-refractivity contribution in [3.8, 4) is 5.75 Å². The highest BCUT2D eigenvalue weighted by atomic mass is 16.5. The molecule has 0 radical (unpaired) electrons. The van der Waals surface area contributed by atoms with Crippen LogP contribution < -0.4 is 4.74 Å². The fourth-order valence-electron chi connectivity index (χ4n) is 2.05. The average Bonchev–Trinajstić information content (AvgIpc) is 2.52. The van der Waals surface area contributed by atoms with Crippen molar-refractivity contribution in [3.63, 3.8) is 0 Å². The van der Waals surface area contributed by atoms with Crippen molar-refractivity contribution in [3.05, 3.63) is 53.8 Å². The van der Waals surface area contributed by atoms with Crippen molar-refractivity contribution in [2.45, 2.75) is 25.9 Å². The highest BCUT2D eigenvalue weighted by Gasteiger charge is 2.01. The van der Waals surface area contributed by atoms with Crippen molar-refractivity contribution < 1.29 is 14.2 Å². The summed E-state index contributed by atoms with van der Waals surface area (Å²) in [5.41, 5.74) is 1.08. The summed E-state index contributed by atoms with van der Waals surface area (Å²) in [6.07, 6.45) is 9.41. The summed E-state index contributed by atoms with van der Waals surface area (Å²) < 4.78 is 16.6. The lowest BCUT2D eigenvalue weighted by Crippen LogP contribution is -2.02. The number of methoxy groups -OCH3 is 1. The van der Waals surface area contributed by atoms with Gasteiger partial charge in [-0.3, -0.25) is 0 Å². The van der Waals surface area contributed by atoms with E-state index in [1.807, 2.05) is 30.3 Å². The number of hydrogen-bond acceptors (Lipinski definition) is 3. The van der Waals surface area contributed by atoms with Crippen LogP contribution in [-0.4, -0.2) is 20.3 Å². The molecule has 0 saturated carbocycles. The van der Waals surface area contributed by atoms with Crippen molar-refractivity contribution in [2.24, 2.45) is 0 Å². The van der Waals surface area contributed by atoms with E-state index in [9.17, 15) is 0 Å². The molecule has 108 valence electrons. The van der Waals surface area contributed by atoms with Crippen LogP contribution >= 0.6 is 0 Å². The molecular formula is C17H22O3. The van der Waals surface area contributed by atoms with Crippen LogP contribution in [0.1, 0.15) is 24.8 Å². The Morgan fingerprint density at radius 3 is 2.80 bits per heavy atom. The predicted molar refractivity (Wildman–Crippen MR) is 79.7 cm³/mol. The Morgan fingerprint density at radius 2 is 2.00 bits per heavy atom. The smallest absolute Gasteiger partial charge is 0.124 e. The highest BCUT2D eigenvalue weighted by Crippen LogP contribution is 2.18. The molecule has 0 spiro atoms. The second-order valence-electron chi connectivity index (χ2n) is 4.65. The van der Waals surface area contributed by atoms with E-state index < -0.39 is 0 Å². The molecule has 1 aromatic carbocycles. The number of rotatable bonds is 8. The van der Waals surface area contributed by atoms with Gasteiger partial charge < -0.3 is 14.2 Å². The lowest BCUT2D eigenvalue weighted by atomic mass is 10.2. The molecule has 0 heterocycles. The van der Waals surface area contributed by atoms with E-state index in [1.165, 1.54) is 0 Å². The van der Waals surface area contributed by atoms with E-state index in [4.69, 9.17) is 14.2 Å². The molecule has 3 heteroatoms. The molecule has 1 aliphatic rings. The number of hydrogen-bond donors (Lipinski definition) is 0. The van der Waals surface area contributed by atoms with Crippen molar-refractivity contribution >= 4 is 0 Å². The third-order valence-corrected chi connectivity index (χ3v) is 3.11. The molecule has 1 aliphatic carbocycles. The third-order valence-electron chi connectivity index (χ3n) is 3.11. The van der Waals surface area contributed by atoms with Crippen LogP contribution in [0.2, 0.25) is 0 Å². The molecule has 0 aromatic heterocycles. The lowest BCUT2D eigenvalue weighted by molar-refractivity contribution is 0.0959. The van der Waals surface area contributed by atoms with Crippen molar-refractivity contribution in [2.75, 3.05) is 20.3 Å². The zero-order chi connectivity index (χ0) is 14.0. The molecule has 0 fully saturated rings. The van der Waals surface area contributed by atoms with Gasteiger partial charge in [0.05, 0.1) is 26.9 Å². The molecule has 0 saturated heterocycles. The first-order valence-corrected chi connectivity index (χ1v) is 7.09. The Balaban J connectivity index is 1.59. The van der Waals surface area contributed by atoms with Crippen LogP contribution in [0.25, 0.3) is 0 Å². The van der Waals surface area contributed by atoms with Gasteiger partial charge in [0.2, 0.25) is 0 Å². The quantitative estimate of drug-likeness (QED) is 0.674. The van der Waals surface area contributed by atoms with Crippen LogP contribution in [0, 0.1) is 0 Å². The van der Waals surface area contributed by atoms with Gasteiger partial charge in [-0.2, -0.15) is 0 Å². The maximum Gasteiger partial charge on any atom is 0.124 e. The SMILES string of the molecule is COc1ccccc1COCCCOC1=CCCC=C1. The maximum atomic E-state index is 5.65. The lowest BCUT2D eigenvalue weighted by Gasteiger charge is -2.11. The van der Waals surface area contributed by atoms with E-state index in [2.05, 4.69) is 12.2 Å². The summed E-state index contributed by atoms with van der Waals surface area (Å²) in [7, 11) is 1.68. The van der Waals surface area contributed by atoms with Crippen LogP contribution in [0.4, 0.5) is 0 Å². The van der Waals surface area contributed by atoms with E-state index in [1.54, 1.807) is 7.11 Å². The van der Waals surface area contributed by atoms with Crippen LogP contribution in [0.3, 0.4) is 0 Å². The second kappa shape index (κ2) is 8.43. The van der Waals surface area contributed by atoms with Gasteiger partial charge in [-0.25, -0.2) is 0 Å². The summed E-state index contributed by atoms with van der Waals surface area (Å²) in [5, 5.41) is 0. The fourth-order valence-corrected chi connectivity index (χ4v) is 2.05. The Kier molecular flexibility index (Phi) is 6.18. The third kappa shape index (κ3) is 4.74. The molecule has 0 amide bonds. The molecule has 0 unspecified atom stereocenters. The van der Waals surface area contributed by atoms with Crippen LogP contribution in [0.15, 0.2) is 48.3 Å². The standard InChI is InChI=1S/C17H22O3/c1-18-17-11-6-5-8-15(17)14-19-12-7-13-20-16-9-3-2-4-10-16/h3,5-6,8-11H,2,4,7,12-14H2,1H3. The van der Waals surface area contributed by atoms with Crippen LogP contribution in [-0.2, 0) is 16.1 Å². The highest BCUT2D eigenvalue weighted by molar-refractivity contribution is 5.32. The zero-order valence-electron chi connectivity index (χ0n) is 12.0. The predicted octanol–water partition coefficient (Wildman–Crippen LogP) is 3.85. The molecule has 20 heavy (non-hydrogen) atoms.